The van der Waals surface area contributed by atoms with Crippen LogP contribution in [0.15, 0.2) is 47.4 Å². The van der Waals surface area contributed by atoms with Gasteiger partial charge in [-0.3, -0.25) is 4.79 Å². The van der Waals surface area contributed by atoms with Crippen molar-refractivity contribution in [2.75, 3.05) is 33.7 Å². The second-order valence-corrected chi connectivity index (χ2v) is 10.8. The van der Waals surface area contributed by atoms with Crippen LogP contribution >= 0.6 is 11.6 Å². The highest BCUT2D eigenvalue weighted by atomic mass is 35.5. The normalized spacial score (nSPS) is 20.6. The van der Waals surface area contributed by atoms with Crippen LogP contribution in [0.1, 0.15) is 35.8 Å². The fraction of sp³-hybridized carbons (Fsp3) is 0.435. The molecule has 0 saturated carbocycles. The first-order valence-electron chi connectivity index (χ1n) is 10.6. The molecule has 0 radical (unpaired) electrons. The number of halogens is 2. The van der Waals surface area contributed by atoms with E-state index in [1.54, 1.807) is 25.1 Å². The highest BCUT2D eigenvalue weighted by molar-refractivity contribution is 7.89. The minimum atomic E-state index is -3.69. The molecule has 0 aromatic heterocycles. The van der Waals surface area contributed by atoms with E-state index in [0.717, 1.165) is 0 Å². The molecule has 1 N–H and O–H groups in total. The molecule has 7 nitrogen and oxygen atoms in total. The van der Waals surface area contributed by atoms with Gasteiger partial charge in [-0.25, -0.2) is 12.8 Å². The van der Waals surface area contributed by atoms with Gasteiger partial charge in [-0.05, 0) is 64.3 Å². The van der Waals surface area contributed by atoms with Gasteiger partial charge in [0.05, 0.1) is 23.1 Å². The summed E-state index contributed by atoms with van der Waals surface area (Å²) in [7, 11) is -0.153. The van der Waals surface area contributed by atoms with E-state index in [-0.39, 0.29) is 41.8 Å². The second-order valence-electron chi connectivity index (χ2n) is 8.43. The molecular weight excluding hydrogens is 469 g/mol. The number of nitrogens with zero attached hydrogens (tertiary/aromatic N) is 2. The van der Waals surface area contributed by atoms with Crippen LogP contribution in [0.5, 0.6) is 0 Å². The zero-order valence-corrected chi connectivity index (χ0v) is 20.7. The maximum atomic E-state index is 14.4. The van der Waals surface area contributed by atoms with Crippen LogP contribution in [0.25, 0.3) is 0 Å². The number of amides is 1. The maximum Gasteiger partial charge on any atom is 0.251 e. The van der Waals surface area contributed by atoms with Gasteiger partial charge in [0.15, 0.2) is 0 Å². The van der Waals surface area contributed by atoms with Gasteiger partial charge in [0.1, 0.15) is 5.82 Å². The number of hydrogen-bond donors (Lipinski definition) is 1. The Morgan fingerprint density at radius 3 is 2.33 bits per heavy atom. The summed E-state index contributed by atoms with van der Waals surface area (Å²) in [5.74, 6) is -0.844. The topological polar surface area (TPSA) is 79.0 Å². The van der Waals surface area contributed by atoms with Gasteiger partial charge >= 0.3 is 0 Å². The fourth-order valence-electron chi connectivity index (χ4n) is 3.92. The molecule has 3 atom stereocenters. The molecule has 1 aliphatic rings. The van der Waals surface area contributed by atoms with Crippen molar-refractivity contribution in [2.45, 2.75) is 37.0 Å². The Hall–Kier alpha value is -2.04. The minimum absolute atomic E-state index is 0.115. The van der Waals surface area contributed by atoms with Crippen molar-refractivity contribution >= 4 is 27.5 Å². The number of carbonyl (C=O) groups excluding carboxylic acids is 1. The lowest BCUT2D eigenvalue weighted by Gasteiger charge is -2.34. The van der Waals surface area contributed by atoms with E-state index in [0.29, 0.717) is 11.1 Å². The van der Waals surface area contributed by atoms with Gasteiger partial charge in [-0.2, -0.15) is 4.31 Å². The number of sulfonamides is 1. The standard InChI is InChI=1S/C23H29ClFN3O4S/c1-15-13-28(14-16(2)32-15)33(30,31)18-10-8-17(9-11-18)23(29)26-12-21(27(3)4)22-19(24)6-5-7-20(22)25/h5-11,15-16,21H,12-14H2,1-4H3,(H,26,29)/t15-,16+,21-/m1/s1. The van der Waals surface area contributed by atoms with E-state index >= 15 is 0 Å². The van der Waals surface area contributed by atoms with Crippen LogP contribution in [0.2, 0.25) is 5.02 Å². The van der Waals surface area contributed by atoms with E-state index in [2.05, 4.69) is 5.32 Å². The van der Waals surface area contributed by atoms with Gasteiger partial charge in [-0.15, -0.1) is 0 Å². The van der Waals surface area contributed by atoms with Crippen molar-refractivity contribution in [3.63, 3.8) is 0 Å². The zero-order chi connectivity index (χ0) is 24.3. The molecule has 1 saturated heterocycles. The summed E-state index contributed by atoms with van der Waals surface area (Å²) in [6.07, 6.45) is -0.387. The number of hydrogen-bond acceptors (Lipinski definition) is 5. The maximum absolute atomic E-state index is 14.4. The molecule has 0 aliphatic carbocycles. The largest absolute Gasteiger partial charge is 0.373 e. The molecule has 2 aromatic rings. The molecule has 33 heavy (non-hydrogen) atoms. The highest BCUT2D eigenvalue weighted by Crippen LogP contribution is 2.28. The third kappa shape index (κ3) is 5.91. The van der Waals surface area contributed by atoms with E-state index in [1.807, 2.05) is 13.8 Å². The summed E-state index contributed by atoms with van der Waals surface area (Å²) in [4.78, 5) is 14.6. The predicted molar refractivity (Wildman–Crippen MR) is 125 cm³/mol. The lowest BCUT2D eigenvalue weighted by molar-refractivity contribution is -0.0440. The molecule has 3 rings (SSSR count). The molecule has 1 fully saturated rings. The summed E-state index contributed by atoms with van der Waals surface area (Å²) in [5.41, 5.74) is 0.606. The molecule has 1 aliphatic heterocycles. The summed E-state index contributed by atoms with van der Waals surface area (Å²) in [6.45, 7) is 4.34. The molecule has 180 valence electrons. The van der Waals surface area contributed by atoms with E-state index < -0.39 is 27.8 Å². The van der Waals surface area contributed by atoms with Gasteiger partial charge in [0.25, 0.3) is 5.91 Å². The number of nitrogens with one attached hydrogen (secondary N) is 1. The minimum Gasteiger partial charge on any atom is -0.373 e. The Bertz CT molecular complexity index is 1070. The first kappa shape index (κ1) is 25.6. The highest BCUT2D eigenvalue weighted by Gasteiger charge is 2.32. The van der Waals surface area contributed by atoms with Crippen LogP contribution in [-0.4, -0.2) is 69.5 Å². The molecule has 0 unspecified atom stereocenters. The van der Waals surface area contributed by atoms with Crippen molar-refractivity contribution in [3.8, 4) is 0 Å². The number of likely N-dealkylation sites (N-methyl/N-ethyl adjacent to an activating group) is 1. The molecular formula is C23H29ClFN3O4S. The quantitative estimate of drug-likeness (QED) is 0.635. The van der Waals surface area contributed by atoms with Crippen molar-refractivity contribution in [3.05, 3.63) is 64.4 Å². The molecule has 0 bridgehead atoms. The van der Waals surface area contributed by atoms with Crippen molar-refractivity contribution in [1.29, 1.82) is 0 Å². The number of benzene rings is 2. The molecule has 2 aromatic carbocycles. The number of carbonyl (C=O) groups is 1. The SMILES string of the molecule is C[C@@H]1CN(S(=O)(=O)c2ccc(C(=O)NC[C@H](c3c(F)cccc3Cl)N(C)C)cc2)C[C@H](C)O1. The van der Waals surface area contributed by atoms with Gasteiger partial charge in [0.2, 0.25) is 10.0 Å². The van der Waals surface area contributed by atoms with Gasteiger partial charge < -0.3 is 15.0 Å². The Morgan fingerprint density at radius 1 is 1.18 bits per heavy atom. The number of morpholine rings is 1. The van der Waals surface area contributed by atoms with Crippen LogP contribution in [0.3, 0.4) is 0 Å². The Morgan fingerprint density at radius 2 is 1.79 bits per heavy atom. The lowest BCUT2D eigenvalue weighted by Crippen LogP contribution is -2.48. The predicted octanol–water partition coefficient (Wildman–Crippen LogP) is 3.31. The Labute approximate surface area is 199 Å². The van der Waals surface area contributed by atoms with Gasteiger partial charge in [-0.1, -0.05) is 17.7 Å². The van der Waals surface area contributed by atoms with Crippen molar-refractivity contribution in [2.24, 2.45) is 0 Å². The van der Waals surface area contributed by atoms with Crippen LogP contribution in [-0.2, 0) is 14.8 Å². The lowest BCUT2D eigenvalue weighted by atomic mass is 10.0. The summed E-state index contributed by atoms with van der Waals surface area (Å²) in [6, 6.07) is 9.76. The fourth-order valence-corrected chi connectivity index (χ4v) is 5.80. The number of rotatable bonds is 7. The smallest absolute Gasteiger partial charge is 0.251 e. The number of ether oxygens (including phenoxy) is 1. The average Bonchev–Trinajstić information content (AvgIpc) is 2.74. The Kier molecular flexibility index (Phi) is 8.13. The van der Waals surface area contributed by atoms with Crippen molar-refractivity contribution in [1.82, 2.24) is 14.5 Å². The molecule has 1 heterocycles. The first-order valence-corrected chi connectivity index (χ1v) is 12.5. The van der Waals surface area contributed by atoms with E-state index in [1.165, 1.54) is 40.7 Å². The van der Waals surface area contributed by atoms with E-state index in [4.69, 9.17) is 16.3 Å². The average molecular weight is 498 g/mol. The van der Waals surface area contributed by atoms with Crippen LogP contribution in [0, 0.1) is 5.82 Å². The van der Waals surface area contributed by atoms with E-state index in [9.17, 15) is 17.6 Å². The van der Waals surface area contributed by atoms with Crippen LogP contribution in [0.4, 0.5) is 4.39 Å². The van der Waals surface area contributed by atoms with Crippen molar-refractivity contribution < 1.29 is 22.3 Å². The Balaban J connectivity index is 1.71. The summed E-state index contributed by atoms with van der Waals surface area (Å²) in [5, 5.41) is 3.07. The monoisotopic (exact) mass is 497 g/mol. The molecule has 1 amide bonds. The molecule has 10 heteroatoms. The zero-order valence-electron chi connectivity index (χ0n) is 19.1. The summed E-state index contributed by atoms with van der Waals surface area (Å²) < 4.78 is 47.4. The third-order valence-corrected chi connectivity index (χ3v) is 7.73. The third-order valence-electron chi connectivity index (χ3n) is 5.55. The van der Waals surface area contributed by atoms with Gasteiger partial charge in [0, 0.05) is 35.8 Å². The molecule has 0 spiro atoms. The van der Waals surface area contributed by atoms with Crippen LogP contribution < -0.4 is 5.32 Å². The first-order chi connectivity index (χ1) is 15.5. The second kappa shape index (κ2) is 10.5. The summed E-state index contributed by atoms with van der Waals surface area (Å²) >= 11 is 6.19.